The lowest BCUT2D eigenvalue weighted by molar-refractivity contribution is 0.111. The van der Waals surface area contributed by atoms with Crippen LogP contribution in [-0.4, -0.2) is 11.3 Å². The molecule has 1 heterocycles. The van der Waals surface area contributed by atoms with Crippen molar-refractivity contribution in [2.24, 2.45) is 0 Å². The van der Waals surface area contributed by atoms with E-state index in [-0.39, 0.29) is 23.4 Å². The Morgan fingerprint density at radius 3 is 2.64 bits per heavy atom. The van der Waals surface area contributed by atoms with Gasteiger partial charge in [0.05, 0.1) is 11.4 Å². The zero-order valence-electron chi connectivity index (χ0n) is 6.81. The molecule has 0 saturated carbocycles. The first-order valence-corrected chi connectivity index (χ1v) is 4.11. The van der Waals surface area contributed by atoms with Crippen LogP contribution >= 0.6 is 11.6 Å². The zero-order chi connectivity index (χ0) is 10.7. The molecular formula is C8H5ClF3NO. The minimum Gasteiger partial charge on any atom is -0.296 e. The number of carbonyl (C=O) groups is 1. The number of rotatable bonds is 3. The van der Waals surface area contributed by atoms with Gasteiger partial charge in [0.1, 0.15) is 11.5 Å². The maximum absolute atomic E-state index is 13.2. The van der Waals surface area contributed by atoms with Gasteiger partial charge in [0.25, 0.3) is 6.43 Å². The number of halogens is 4. The second kappa shape index (κ2) is 4.41. The molecule has 1 aromatic heterocycles. The zero-order valence-corrected chi connectivity index (χ0v) is 7.56. The summed E-state index contributed by atoms with van der Waals surface area (Å²) in [5.41, 5.74) is -1.38. The number of hydrogen-bond acceptors (Lipinski definition) is 2. The average Bonchev–Trinajstić information content (AvgIpc) is 2.16. The van der Waals surface area contributed by atoms with Gasteiger partial charge in [0, 0.05) is 11.8 Å². The first-order chi connectivity index (χ1) is 6.61. The fourth-order valence-corrected chi connectivity index (χ4v) is 1.20. The maximum Gasteiger partial charge on any atom is 0.268 e. The highest BCUT2D eigenvalue weighted by atomic mass is 35.5. The van der Waals surface area contributed by atoms with Crippen LogP contribution in [0.25, 0.3) is 0 Å². The van der Waals surface area contributed by atoms with Crippen molar-refractivity contribution < 1.29 is 18.0 Å². The Labute approximate surface area is 82.7 Å². The van der Waals surface area contributed by atoms with Crippen LogP contribution in [0, 0.1) is 5.82 Å². The monoisotopic (exact) mass is 223 g/mol. The second-order valence-electron chi connectivity index (χ2n) is 2.44. The molecule has 0 saturated heterocycles. The summed E-state index contributed by atoms with van der Waals surface area (Å²) in [6, 6.07) is 0. The van der Waals surface area contributed by atoms with E-state index in [1.54, 1.807) is 0 Å². The molecule has 0 aromatic carbocycles. The quantitative estimate of drug-likeness (QED) is 0.583. The van der Waals surface area contributed by atoms with Crippen molar-refractivity contribution in [1.82, 2.24) is 4.98 Å². The Balaban J connectivity index is 3.34. The molecule has 1 rings (SSSR count). The maximum atomic E-state index is 13.2. The number of carbonyl (C=O) groups excluding carboxylic acids is 1. The molecule has 0 unspecified atom stereocenters. The van der Waals surface area contributed by atoms with Crippen LogP contribution in [0.4, 0.5) is 13.2 Å². The average molecular weight is 224 g/mol. The lowest BCUT2D eigenvalue weighted by Crippen LogP contribution is -2.03. The standard InChI is InChI=1S/C8H5ClF3NO/c9-1-4-6(3-14)13-2-5(7(4)10)8(11)12/h2-3,8H,1H2. The van der Waals surface area contributed by atoms with Gasteiger partial charge in [0.15, 0.2) is 6.29 Å². The molecule has 0 N–H and O–H groups in total. The third-order valence-corrected chi connectivity index (χ3v) is 1.92. The van der Waals surface area contributed by atoms with Gasteiger partial charge in [-0.1, -0.05) is 0 Å². The fourth-order valence-electron chi connectivity index (χ4n) is 0.941. The molecule has 0 radical (unpaired) electrons. The van der Waals surface area contributed by atoms with Gasteiger partial charge in [-0.2, -0.15) is 0 Å². The van der Waals surface area contributed by atoms with Crippen LogP contribution in [0.3, 0.4) is 0 Å². The number of nitrogens with zero attached hydrogens (tertiary/aromatic N) is 1. The topological polar surface area (TPSA) is 30.0 Å². The largest absolute Gasteiger partial charge is 0.296 e. The SMILES string of the molecule is O=Cc1ncc(C(F)F)c(F)c1CCl. The summed E-state index contributed by atoms with van der Waals surface area (Å²) in [6.45, 7) is 0. The molecule has 0 atom stereocenters. The molecule has 0 spiro atoms. The van der Waals surface area contributed by atoms with E-state index in [0.29, 0.717) is 6.20 Å². The van der Waals surface area contributed by atoms with Crippen LogP contribution < -0.4 is 0 Å². The van der Waals surface area contributed by atoms with E-state index in [4.69, 9.17) is 11.6 Å². The van der Waals surface area contributed by atoms with Crippen molar-refractivity contribution in [1.29, 1.82) is 0 Å². The molecule has 0 amide bonds. The predicted octanol–water partition coefficient (Wildman–Crippen LogP) is 2.71. The third-order valence-electron chi connectivity index (χ3n) is 1.65. The number of aldehydes is 1. The summed E-state index contributed by atoms with van der Waals surface area (Å²) in [4.78, 5) is 13.7. The van der Waals surface area contributed by atoms with Crippen molar-refractivity contribution in [3.8, 4) is 0 Å². The molecule has 76 valence electrons. The van der Waals surface area contributed by atoms with E-state index in [1.165, 1.54) is 0 Å². The highest BCUT2D eigenvalue weighted by molar-refractivity contribution is 6.17. The minimum atomic E-state index is -2.97. The summed E-state index contributed by atoms with van der Waals surface area (Å²) in [5.74, 6) is -1.53. The third kappa shape index (κ3) is 1.87. The summed E-state index contributed by atoms with van der Waals surface area (Å²) < 4.78 is 37.5. The number of aromatic nitrogens is 1. The fraction of sp³-hybridized carbons (Fsp3) is 0.250. The lowest BCUT2D eigenvalue weighted by Gasteiger charge is -2.06. The van der Waals surface area contributed by atoms with E-state index in [0.717, 1.165) is 0 Å². The molecule has 6 heteroatoms. The summed E-state index contributed by atoms with van der Waals surface area (Å²) in [7, 11) is 0. The van der Waals surface area contributed by atoms with E-state index in [1.807, 2.05) is 0 Å². The van der Waals surface area contributed by atoms with Crippen molar-refractivity contribution in [3.63, 3.8) is 0 Å². The van der Waals surface area contributed by atoms with Gasteiger partial charge in [-0.3, -0.25) is 9.78 Å². The smallest absolute Gasteiger partial charge is 0.268 e. The second-order valence-corrected chi connectivity index (χ2v) is 2.71. The lowest BCUT2D eigenvalue weighted by atomic mass is 10.1. The molecule has 0 aliphatic rings. The Hall–Kier alpha value is -1.10. The number of alkyl halides is 3. The van der Waals surface area contributed by atoms with Crippen LogP contribution in [0.2, 0.25) is 0 Å². The molecule has 1 aromatic rings. The normalized spacial score (nSPS) is 10.6. The molecule has 0 bridgehead atoms. The number of hydrogen-bond donors (Lipinski definition) is 0. The highest BCUT2D eigenvalue weighted by Gasteiger charge is 2.19. The Bertz CT molecular complexity index is 357. The molecule has 14 heavy (non-hydrogen) atoms. The van der Waals surface area contributed by atoms with Gasteiger partial charge >= 0.3 is 0 Å². The molecule has 0 aliphatic carbocycles. The van der Waals surface area contributed by atoms with Crippen LogP contribution in [0.1, 0.15) is 28.0 Å². The van der Waals surface area contributed by atoms with E-state index < -0.39 is 17.8 Å². The van der Waals surface area contributed by atoms with Gasteiger partial charge in [-0.25, -0.2) is 13.2 Å². The van der Waals surface area contributed by atoms with Gasteiger partial charge in [-0.15, -0.1) is 11.6 Å². The van der Waals surface area contributed by atoms with Crippen LogP contribution in [-0.2, 0) is 5.88 Å². The van der Waals surface area contributed by atoms with Crippen molar-refractivity contribution >= 4 is 17.9 Å². The Kier molecular flexibility index (Phi) is 3.46. The van der Waals surface area contributed by atoms with Gasteiger partial charge in [-0.05, 0) is 0 Å². The van der Waals surface area contributed by atoms with Gasteiger partial charge < -0.3 is 0 Å². The first kappa shape index (κ1) is 11.0. The molecule has 0 fully saturated rings. The Morgan fingerprint density at radius 1 is 1.57 bits per heavy atom. The molecular weight excluding hydrogens is 219 g/mol. The van der Waals surface area contributed by atoms with Gasteiger partial charge in [0.2, 0.25) is 0 Å². The Morgan fingerprint density at radius 2 is 2.21 bits per heavy atom. The summed E-state index contributed by atoms with van der Waals surface area (Å²) >= 11 is 5.31. The minimum absolute atomic E-state index is 0.248. The van der Waals surface area contributed by atoms with Crippen molar-refractivity contribution in [2.45, 2.75) is 12.3 Å². The first-order valence-electron chi connectivity index (χ1n) is 3.58. The highest BCUT2D eigenvalue weighted by Crippen LogP contribution is 2.25. The van der Waals surface area contributed by atoms with E-state index >= 15 is 0 Å². The summed E-state index contributed by atoms with van der Waals surface area (Å²) in [6.07, 6.45) is -2.05. The van der Waals surface area contributed by atoms with Crippen molar-refractivity contribution in [2.75, 3.05) is 0 Å². The molecule has 0 aliphatic heterocycles. The van der Waals surface area contributed by atoms with E-state index in [2.05, 4.69) is 4.98 Å². The number of pyridine rings is 1. The predicted molar refractivity (Wildman–Crippen MR) is 44.1 cm³/mol. The summed E-state index contributed by atoms with van der Waals surface area (Å²) in [5, 5.41) is 0. The van der Waals surface area contributed by atoms with E-state index in [9.17, 15) is 18.0 Å². The van der Waals surface area contributed by atoms with Crippen LogP contribution in [0.5, 0.6) is 0 Å². The molecule has 2 nitrogen and oxygen atoms in total. The van der Waals surface area contributed by atoms with Crippen LogP contribution in [0.15, 0.2) is 6.20 Å². The van der Waals surface area contributed by atoms with Crippen molar-refractivity contribution in [3.05, 3.63) is 28.8 Å².